The van der Waals surface area contributed by atoms with Crippen molar-refractivity contribution in [3.8, 4) is 11.1 Å². The molecule has 0 aliphatic heterocycles. The van der Waals surface area contributed by atoms with Gasteiger partial charge in [-0.05, 0) is 24.3 Å². The predicted molar refractivity (Wildman–Crippen MR) is 57.0 cm³/mol. The Kier molecular flexibility index (Phi) is 2.75. The largest absolute Gasteiger partial charge is 0.467 e. The fourth-order valence-electron chi connectivity index (χ4n) is 1.45. The third-order valence-electron chi connectivity index (χ3n) is 2.15. The highest BCUT2D eigenvalue weighted by atomic mass is 35.5. The molecule has 1 aromatic carbocycles. The summed E-state index contributed by atoms with van der Waals surface area (Å²) in [6.45, 7) is 0.288. The summed E-state index contributed by atoms with van der Waals surface area (Å²) in [7, 11) is 0. The second kappa shape index (κ2) is 4.04. The van der Waals surface area contributed by atoms with Crippen LogP contribution in [-0.2, 0) is 6.54 Å². The highest BCUT2D eigenvalue weighted by Crippen LogP contribution is 2.31. The van der Waals surface area contributed by atoms with Gasteiger partial charge in [-0.15, -0.1) is 0 Å². The molecule has 0 saturated heterocycles. The van der Waals surface area contributed by atoms with Crippen molar-refractivity contribution in [1.29, 1.82) is 0 Å². The van der Waals surface area contributed by atoms with E-state index in [0.717, 1.165) is 11.1 Å². The summed E-state index contributed by atoms with van der Waals surface area (Å²) in [5, 5.41) is 0.353. The minimum absolute atomic E-state index is 0.288. The fourth-order valence-corrected chi connectivity index (χ4v) is 1.72. The zero-order valence-electron chi connectivity index (χ0n) is 7.84. The molecule has 78 valence electrons. The van der Waals surface area contributed by atoms with Crippen LogP contribution in [0.2, 0.25) is 5.02 Å². The molecule has 0 spiro atoms. The van der Waals surface area contributed by atoms with Crippen LogP contribution in [0.3, 0.4) is 0 Å². The van der Waals surface area contributed by atoms with E-state index < -0.39 is 0 Å². The number of hydrogen-bond donors (Lipinski definition) is 1. The lowest BCUT2D eigenvalue weighted by Gasteiger charge is -2.03. The molecule has 1 aromatic heterocycles. The van der Waals surface area contributed by atoms with Gasteiger partial charge in [0.1, 0.15) is 11.6 Å². The van der Waals surface area contributed by atoms with E-state index in [2.05, 4.69) is 0 Å². The van der Waals surface area contributed by atoms with Gasteiger partial charge in [-0.1, -0.05) is 11.6 Å². The number of nitrogens with two attached hydrogens (primary N) is 1. The monoisotopic (exact) mass is 225 g/mol. The molecule has 0 atom stereocenters. The summed E-state index contributed by atoms with van der Waals surface area (Å²) in [5.41, 5.74) is 7.04. The van der Waals surface area contributed by atoms with Crippen molar-refractivity contribution in [1.82, 2.24) is 0 Å². The zero-order valence-corrected chi connectivity index (χ0v) is 8.59. The Labute approximate surface area is 91.5 Å². The number of benzene rings is 1. The lowest BCUT2D eigenvalue weighted by molar-refractivity contribution is 0.513. The predicted octanol–water partition coefficient (Wildman–Crippen LogP) is 3.20. The quantitative estimate of drug-likeness (QED) is 0.853. The lowest BCUT2D eigenvalue weighted by Crippen LogP contribution is -1.96. The number of rotatable bonds is 2. The highest BCUT2D eigenvalue weighted by molar-refractivity contribution is 6.33. The topological polar surface area (TPSA) is 39.2 Å². The molecule has 2 rings (SSSR count). The van der Waals surface area contributed by atoms with E-state index in [-0.39, 0.29) is 12.4 Å². The lowest BCUT2D eigenvalue weighted by atomic mass is 10.1. The van der Waals surface area contributed by atoms with E-state index >= 15 is 0 Å². The molecule has 0 aliphatic rings. The van der Waals surface area contributed by atoms with Crippen molar-refractivity contribution < 1.29 is 8.81 Å². The van der Waals surface area contributed by atoms with Crippen LogP contribution in [0.5, 0.6) is 0 Å². The maximum Gasteiger partial charge on any atom is 0.125 e. The average Bonchev–Trinajstić information content (AvgIpc) is 2.65. The molecule has 2 N–H and O–H groups in total. The summed E-state index contributed by atoms with van der Waals surface area (Å²) in [5.74, 6) is 0.282. The van der Waals surface area contributed by atoms with Gasteiger partial charge in [0.2, 0.25) is 0 Å². The van der Waals surface area contributed by atoms with E-state index in [1.807, 2.05) is 0 Å². The maximum atomic E-state index is 12.8. The molecule has 15 heavy (non-hydrogen) atoms. The van der Waals surface area contributed by atoms with Gasteiger partial charge in [0, 0.05) is 11.1 Å². The van der Waals surface area contributed by atoms with Gasteiger partial charge in [0.05, 0.1) is 17.8 Å². The summed E-state index contributed by atoms with van der Waals surface area (Å²) in [6.07, 6.45) is 1.54. The SMILES string of the molecule is NCc1occc1-c1ccc(F)cc1Cl. The van der Waals surface area contributed by atoms with Crippen molar-refractivity contribution >= 4 is 11.6 Å². The first-order valence-corrected chi connectivity index (χ1v) is 4.82. The van der Waals surface area contributed by atoms with Gasteiger partial charge >= 0.3 is 0 Å². The molecular weight excluding hydrogens is 217 g/mol. The van der Waals surface area contributed by atoms with Crippen molar-refractivity contribution in [2.24, 2.45) is 5.73 Å². The molecule has 0 amide bonds. The Morgan fingerprint density at radius 2 is 2.07 bits per heavy atom. The third kappa shape index (κ3) is 1.89. The first kappa shape index (κ1) is 10.2. The van der Waals surface area contributed by atoms with E-state index in [9.17, 15) is 4.39 Å². The Hall–Kier alpha value is -1.32. The van der Waals surface area contributed by atoms with Crippen molar-refractivity contribution in [3.05, 3.63) is 47.1 Å². The third-order valence-corrected chi connectivity index (χ3v) is 2.46. The molecule has 0 aliphatic carbocycles. The van der Waals surface area contributed by atoms with Gasteiger partial charge in [0.15, 0.2) is 0 Å². The van der Waals surface area contributed by atoms with Crippen molar-refractivity contribution in [2.45, 2.75) is 6.54 Å². The van der Waals surface area contributed by atoms with Crippen LogP contribution >= 0.6 is 11.6 Å². The van der Waals surface area contributed by atoms with Gasteiger partial charge in [0.25, 0.3) is 0 Å². The fraction of sp³-hybridized carbons (Fsp3) is 0.0909. The zero-order chi connectivity index (χ0) is 10.8. The Bertz CT molecular complexity index is 481. The minimum atomic E-state index is -0.360. The number of furan rings is 1. The molecule has 0 unspecified atom stereocenters. The van der Waals surface area contributed by atoms with Crippen LogP contribution < -0.4 is 5.73 Å². The Morgan fingerprint density at radius 3 is 2.73 bits per heavy atom. The van der Waals surface area contributed by atoms with Crippen LogP contribution in [-0.4, -0.2) is 0 Å². The highest BCUT2D eigenvalue weighted by Gasteiger charge is 2.10. The van der Waals surface area contributed by atoms with Gasteiger partial charge in [-0.3, -0.25) is 0 Å². The maximum absolute atomic E-state index is 12.8. The normalized spacial score (nSPS) is 10.6. The molecule has 0 fully saturated rings. The van der Waals surface area contributed by atoms with E-state index in [1.165, 1.54) is 18.4 Å². The summed E-state index contributed by atoms with van der Waals surface area (Å²) in [4.78, 5) is 0. The molecule has 0 bridgehead atoms. The summed E-state index contributed by atoms with van der Waals surface area (Å²) >= 11 is 5.93. The molecule has 0 radical (unpaired) electrons. The first-order chi connectivity index (χ1) is 7.22. The molecule has 4 heteroatoms. The standard InChI is InChI=1S/C11H9ClFNO/c12-10-5-7(13)1-2-8(10)9-3-4-15-11(9)6-14/h1-5H,6,14H2. The Balaban J connectivity index is 2.54. The van der Waals surface area contributed by atoms with Crippen LogP contribution in [0, 0.1) is 5.82 Å². The summed E-state index contributed by atoms with van der Waals surface area (Å²) in [6, 6.07) is 6.00. The number of halogens is 2. The molecule has 1 heterocycles. The van der Waals surface area contributed by atoms with Crippen LogP contribution in [0.15, 0.2) is 34.9 Å². The van der Waals surface area contributed by atoms with Gasteiger partial charge < -0.3 is 10.2 Å². The summed E-state index contributed by atoms with van der Waals surface area (Å²) < 4.78 is 18.0. The molecule has 2 aromatic rings. The second-order valence-corrected chi connectivity index (χ2v) is 3.49. The van der Waals surface area contributed by atoms with E-state index in [0.29, 0.717) is 10.8 Å². The van der Waals surface area contributed by atoms with Crippen LogP contribution in [0.25, 0.3) is 11.1 Å². The molecule has 0 saturated carbocycles. The smallest absolute Gasteiger partial charge is 0.125 e. The van der Waals surface area contributed by atoms with E-state index in [1.54, 1.807) is 12.1 Å². The number of hydrogen-bond acceptors (Lipinski definition) is 2. The molecular formula is C11H9ClFNO. The molecule has 2 nitrogen and oxygen atoms in total. The van der Waals surface area contributed by atoms with Crippen LogP contribution in [0.1, 0.15) is 5.76 Å². The second-order valence-electron chi connectivity index (χ2n) is 3.09. The van der Waals surface area contributed by atoms with Gasteiger partial charge in [-0.2, -0.15) is 0 Å². The first-order valence-electron chi connectivity index (χ1n) is 4.44. The van der Waals surface area contributed by atoms with Crippen molar-refractivity contribution in [2.75, 3.05) is 0 Å². The van der Waals surface area contributed by atoms with Crippen molar-refractivity contribution in [3.63, 3.8) is 0 Å². The van der Waals surface area contributed by atoms with Crippen LogP contribution in [0.4, 0.5) is 4.39 Å². The minimum Gasteiger partial charge on any atom is -0.467 e. The van der Waals surface area contributed by atoms with Gasteiger partial charge in [-0.25, -0.2) is 4.39 Å². The Morgan fingerprint density at radius 1 is 1.27 bits per heavy atom. The average molecular weight is 226 g/mol. The van der Waals surface area contributed by atoms with E-state index in [4.69, 9.17) is 21.8 Å².